The van der Waals surface area contributed by atoms with Crippen molar-refractivity contribution in [3.63, 3.8) is 0 Å². The Labute approximate surface area is 115 Å². The Morgan fingerprint density at radius 3 is 2.94 bits per heavy atom. The lowest BCUT2D eigenvalue weighted by Gasteiger charge is -2.06. The lowest BCUT2D eigenvalue weighted by Crippen LogP contribution is -2.09. The van der Waals surface area contributed by atoms with Gasteiger partial charge in [0.2, 0.25) is 0 Å². The number of rotatable bonds is 6. The highest BCUT2D eigenvalue weighted by Crippen LogP contribution is 2.22. The topological polar surface area (TPSA) is 39.2 Å². The maximum atomic E-state index is 6.11. The second-order valence-electron chi connectivity index (χ2n) is 3.82. The summed E-state index contributed by atoms with van der Waals surface area (Å²) in [5.74, 6) is 0. The Hall–Kier alpha value is -0.880. The molecule has 2 rings (SSSR count). The van der Waals surface area contributed by atoms with Gasteiger partial charge in [-0.25, -0.2) is 0 Å². The zero-order valence-electron chi connectivity index (χ0n) is 10.1. The summed E-state index contributed by atoms with van der Waals surface area (Å²) in [6.07, 6.45) is 0. The minimum Gasteiger partial charge on any atom is -0.382 e. The van der Waals surface area contributed by atoms with Gasteiger partial charge in [-0.05, 0) is 24.4 Å². The van der Waals surface area contributed by atoms with Crippen molar-refractivity contribution in [2.45, 2.75) is 6.54 Å². The molecule has 6 heteroatoms. The summed E-state index contributed by atoms with van der Waals surface area (Å²) in [4.78, 5) is 3.11. The van der Waals surface area contributed by atoms with E-state index >= 15 is 0 Å². The van der Waals surface area contributed by atoms with Crippen molar-refractivity contribution in [1.82, 2.24) is 9.55 Å². The van der Waals surface area contributed by atoms with Gasteiger partial charge in [0, 0.05) is 13.7 Å². The van der Waals surface area contributed by atoms with Gasteiger partial charge >= 0.3 is 0 Å². The fraction of sp³-hybridized carbons (Fsp3) is 0.417. The fourth-order valence-electron chi connectivity index (χ4n) is 1.77. The number of H-pyrrole nitrogens is 1. The van der Waals surface area contributed by atoms with E-state index in [4.69, 9.17) is 33.3 Å². The molecular weight excluding hydrogens is 272 g/mol. The van der Waals surface area contributed by atoms with Crippen LogP contribution in [0.3, 0.4) is 0 Å². The molecule has 0 aliphatic carbocycles. The standard InChI is InChI=1S/C12H15ClN2O2S/c1-16-7-8-17-6-5-15-10-4-2-3-9(13)11(10)14-12(15)18/h2-4H,5-8H2,1H3,(H,14,18). The van der Waals surface area contributed by atoms with E-state index in [2.05, 4.69) is 4.98 Å². The molecule has 0 amide bonds. The van der Waals surface area contributed by atoms with Crippen LogP contribution < -0.4 is 0 Å². The average molecular weight is 287 g/mol. The third kappa shape index (κ3) is 2.92. The van der Waals surface area contributed by atoms with Crippen LogP contribution in [-0.2, 0) is 16.0 Å². The van der Waals surface area contributed by atoms with Gasteiger partial charge in [-0.3, -0.25) is 0 Å². The van der Waals surface area contributed by atoms with Crippen LogP contribution in [0, 0.1) is 4.77 Å². The summed E-state index contributed by atoms with van der Waals surface area (Å²) in [6.45, 7) is 2.48. The van der Waals surface area contributed by atoms with Gasteiger partial charge < -0.3 is 19.0 Å². The quantitative estimate of drug-likeness (QED) is 0.655. The molecule has 0 atom stereocenters. The molecule has 0 fully saturated rings. The number of hydrogen-bond donors (Lipinski definition) is 1. The normalized spacial score (nSPS) is 11.2. The van der Waals surface area contributed by atoms with Crippen molar-refractivity contribution in [3.8, 4) is 0 Å². The van der Waals surface area contributed by atoms with Gasteiger partial charge in [0.05, 0.1) is 35.9 Å². The van der Waals surface area contributed by atoms with E-state index in [1.807, 2.05) is 22.8 Å². The Morgan fingerprint density at radius 2 is 2.17 bits per heavy atom. The smallest absolute Gasteiger partial charge is 0.178 e. The maximum Gasteiger partial charge on any atom is 0.178 e. The molecule has 0 bridgehead atoms. The molecule has 4 nitrogen and oxygen atoms in total. The zero-order chi connectivity index (χ0) is 13.0. The number of fused-ring (bicyclic) bond motifs is 1. The first-order valence-corrected chi connectivity index (χ1v) is 6.46. The number of nitrogens with zero attached hydrogens (tertiary/aromatic N) is 1. The van der Waals surface area contributed by atoms with Crippen molar-refractivity contribution in [2.24, 2.45) is 0 Å². The predicted octanol–water partition coefficient (Wildman–Crippen LogP) is 3.02. The zero-order valence-corrected chi connectivity index (χ0v) is 11.7. The first-order valence-electron chi connectivity index (χ1n) is 5.67. The number of benzene rings is 1. The van der Waals surface area contributed by atoms with E-state index in [0.29, 0.717) is 36.2 Å². The molecule has 0 saturated heterocycles. The largest absolute Gasteiger partial charge is 0.382 e. The fourth-order valence-corrected chi connectivity index (χ4v) is 2.28. The van der Waals surface area contributed by atoms with Crippen LogP contribution >= 0.6 is 23.8 Å². The molecule has 1 aromatic heterocycles. The molecule has 1 N–H and O–H groups in total. The van der Waals surface area contributed by atoms with E-state index in [0.717, 1.165) is 11.0 Å². The summed E-state index contributed by atoms with van der Waals surface area (Å²) in [5, 5.41) is 0.678. The molecule has 1 aromatic carbocycles. The minimum absolute atomic E-state index is 0.590. The summed E-state index contributed by atoms with van der Waals surface area (Å²) in [5.41, 5.74) is 1.88. The van der Waals surface area contributed by atoms with Crippen molar-refractivity contribution in [1.29, 1.82) is 0 Å². The Morgan fingerprint density at radius 1 is 1.33 bits per heavy atom. The first-order chi connectivity index (χ1) is 8.74. The van der Waals surface area contributed by atoms with Crippen molar-refractivity contribution in [3.05, 3.63) is 28.0 Å². The number of hydrogen-bond acceptors (Lipinski definition) is 3. The molecule has 0 aliphatic heterocycles. The Balaban J connectivity index is 2.11. The van der Waals surface area contributed by atoms with Gasteiger partial charge in [-0.2, -0.15) is 0 Å². The third-order valence-corrected chi connectivity index (χ3v) is 3.29. The van der Waals surface area contributed by atoms with Crippen LogP contribution in [0.5, 0.6) is 0 Å². The van der Waals surface area contributed by atoms with Crippen LogP contribution in [0.25, 0.3) is 11.0 Å². The van der Waals surface area contributed by atoms with Crippen molar-refractivity contribution < 1.29 is 9.47 Å². The monoisotopic (exact) mass is 286 g/mol. The lowest BCUT2D eigenvalue weighted by molar-refractivity contribution is 0.0668. The number of aromatic amines is 1. The minimum atomic E-state index is 0.590. The Bertz CT molecular complexity index is 579. The first kappa shape index (κ1) is 13.5. The van der Waals surface area contributed by atoms with Gasteiger partial charge in [-0.15, -0.1) is 0 Å². The number of aromatic nitrogens is 2. The van der Waals surface area contributed by atoms with E-state index in [9.17, 15) is 0 Å². The van der Waals surface area contributed by atoms with Gasteiger partial charge in [0.15, 0.2) is 4.77 Å². The van der Waals surface area contributed by atoms with Crippen LogP contribution in [0.4, 0.5) is 0 Å². The highest BCUT2D eigenvalue weighted by Gasteiger charge is 2.06. The van der Waals surface area contributed by atoms with Gasteiger partial charge in [0.25, 0.3) is 0 Å². The van der Waals surface area contributed by atoms with Crippen molar-refractivity contribution in [2.75, 3.05) is 26.9 Å². The maximum absolute atomic E-state index is 6.11. The van der Waals surface area contributed by atoms with Crippen LogP contribution in [0.15, 0.2) is 18.2 Å². The molecule has 2 aromatic rings. The molecule has 0 saturated carbocycles. The molecule has 18 heavy (non-hydrogen) atoms. The summed E-state index contributed by atoms with van der Waals surface area (Å²) >= 11 is 11.4. The number of methoxy groups -OCH3 is 1. The van der Waals surface area contributed by atoms with Crippen LogP contribution in [0.2, 0.25) is 5.02 Å². The molecular formula is C12H15ClN2O2S. The Kier molecular flexibility index (Phi) is 4.77. The molecule has 0 unspecified atom stereocenters. The van der Waals surface area contributed by atoms with E-state index in [-0.39, 0.29) is 0 Å². The van der Waals surface area contributed by atoms with Gasteiger partial charge in [-0.1, -0.05) is 17.7 Å². The molecule has 98 valence electrons. The third-order valence-electron chi connectivity index (χ3n) is 2.65. The van der Waals surface area contributed by atoms with Crippen LogP contribution in [-0.4, -0.2) is 36.5 Å². The summed E-state index contributed by atoms with van der Waals surface area (Å²) in [7, 11) is 1.65. The molecule has 0 radical (unpaired) electrons. The predicted molar refractivity (Wildman–Crippen MR) is 74.8 cm³/mol. The highest BCUT2D eigenvalue weighted by atomic mass is 35.5. The number of halogens is 1. The SMILES string of the molecule is COCCOCCn1c(=S)[nH]c2c(Cl)cccc21. The van der Waals surface area contributed by atoms with E-state index in [1.54, 1.807) is 7.11 Å². The summed E-state index contributed by atoms with van der Waals surface area (Å²) in [6, 6.07) is 5.74. The molecule has 0 aliphatic rings. The number of ether oxygens (including phenoxy) is 2. The number of para-hydroxylation sites is 1. The van der Waals surface area contributed by atoms with Crippen molar-refractivity contribution >= 4 is 34.9 Å². The number of nitrogens with one attached hydrogen (secondary N) is 1. The second kappa shape index (κ2) is 6.33. The second-order valence-corrected chi connectivity index (χ2v) is 4.61. The molecule has 0 spiro atoms. The molecule has 1 heterocycles. The number of imidazole rings is 1. The highest BCUT2D eigenvalue weighted by molar-refractivity contribution is 7.71. The van der Waals surface area contributed by atoms with E-state index < -0.39 is 0 Å². The average Bonchev–Trinajstić information content (AvgIpc) is 2.68. The summed E-state index contributed by atoms with van der Waals surface area (Å²) < 4.78 is 13.0. The van der Waals surface area contributed by atoms with E-state index in [1.165, 1.54) is 0 Å². The van der Waals surface area contributed by atoms with Crippen LogP contribution in [0.1, 0.15) is 0 Å². The van der Waals surface area contributed by atoms with Gasteiger partial charge in [0.1, 0.15) is 0 Å². The lowest BCUT2D eigenvalue weighted by atomic mass is 10.3.